The lowest BCUT2D eigenvalue weighted by Gasteiger charge is -2.15. The third-order valence-corrected chi connectivity index (χ3v) is 4.42. The highest BCUT2D eigenvalue weighted by atomic mass is 79.9. The van der Waals surface area contributed by atoms with Crippen LogP contribution in [0.25, 0.3) is 0 Å². The van der Waals surface area contributed by atoms with Crippen LogP contribution in [-0.4, -0.2) is 21.3 Å². The van der Waals surface area contributed by atoms with Crippen molar-refractivity contribution in [3.63, 3.8) is 0 Å². The van der Waals surface area contributed by atoms with E-state index in [1.807, 2.05) is 29.8 Å². The molecule has 0 bridgehead atoms. The van der Waals surface area contributed by atoms with E-state index >= 15 is 0 Å². The number of nitrogens with two attached hydrogens (primary N) is 1. The SMILES string of the molecule is Cn1cnnc1SC(CN)c1ccccc1Br. The van der Waals surface area contributed by atoms with E-state index in [-0.39, 0.29) is 5.25 Å². The van der Waals surface area contributed by atoms with Crippen LogP contribution >= 0.6 is 27.7 Å². The molecule has 1 unspecified atom stereocenters. The normalized spacial score (nSPS) is 12.6. The first kappa shape index (κ1) is 12.6. The van der Waals surface area contributed by atoms with Crippen molar-refractivity contribution in [2.24, 2.45) is 12.8 Å². The number of rotatable bonds is 4. The molecule has 1 heterocycles. The van der Waals surface area contributed by atoms with Crippen molar-refractivity contribution in [3.05, 3.63) is 40.6 Å². The van der Waals surface area contributed by atoms with Crippen LogP contribution in [0.2, 0.25) is 0 Å². The van der Waals surface area contributed by atoms with Gasteiger partial charge in [-0.2, -0.15) is 0 Å². The first-order chi connectivity index (χ1) is 8.22. The molecule has 0 saturated heterocycles. The molecule has 6 heteroatoms. The molecule has 1 aromatic carbocycles. The Labute approximate surface area is 113 Å². The number of hydrogen-bond acceptors (Lipinski definition) is 4. The highest BCUT2D eigenvalue weighted by Crippen LogP contribution is 2.36. The summed E-state index contributed by atoms with van der Waals surface area (Å²) in [5.74, 6) is 0. The zero-order chi connectivity index (χ0) is 12.3. The maximum atomic E-state index is 5.84. The fourth-order valence-corrected chi connectivity index (χ4v) is 3.18. The maximum absolute atomic E-state index is 5.84. The molecule has 0 fully saturated rings. The minimum absolute atomic E-state index is 0.175. The van der Waals surface area contributed by atoms with Gasteiger partial charge in [0.15, 0.2) is 5.16 Å². The molecule has 90 valence electrons. The van der Waals surface area contributed by atoms with E-state index in [0.29, 0.717) is 6.54 Å². The van der Waals surface area contributed by atoms with Gasteiger partial charge in [0.25, 0.3) is 0 Å². The van der Waals surface area contributed by atoms with E-state index in [2.05, 4.69) is 32.2 Å². The van der Waals surface area contributed by atoms with Gasteiger partial charge in [-0.15, -0.1) is 10.2 Å². The van der Waals surface area contributed by atoms with Crippen molar-refractivity contribution in [1.82, 2.24) is 14.8 Å². The number of thioether (sulfide) groups is 1. The van der Waals surface area contributed by atoms with Crippen LogP contribution in [0.15, 0.2) is 40.2 Å². The summed E-state index contributed by atoms with van der Waals surface area (Å²) in [5, 5.41) is 8.97. The van der Waals surface area contributed by atoms with E-state index in [1.54, 1.807) is 18.1 Å². The molecule has 1 atom stereocenters. The highest BCUT2D eigenvalue weighted by Gasteiger charge is 2.16. The van der Waals surface area contributed by atoms with Crippen LogP contribution < -0.4 is 5.73 Å². The summed E-state index contributed by atoms with van der Waals surface area (Å²) in [5.41, 5.74) is 7.02. The van der Waals surface area contributed by atoms with E-state index in [1.165, 1.54) is 5.56 Å². The molecular weight excluding hydrogens is 300 g/mol. The number of halogens is 1. The predicted molar refractivity (Wildman–Crippen MR) is 72.8 cm³/mol. The Hall–Kier alpha value is -0.850. The summed E-state index contributed by atoms with van der Waals surface area (Å²) >= 11 is 5.17. The van der Waals surface area contributed by atoms with Gasteiger partial charge in [0.2, 0.25) is 0 Å². The number of aryl methyl sites for hydroxylation is 1. The first-order valence-electron chi connectivity index (χ1n) is 5.17. The van der Waals surface area contributed by atoms with E-state index in [9.17, 15) is 0 Å². The molecule has 0 aliphatic rings. The minimum Gasteiger partial charge on any atom is -0.329 e. The van der Waals surface area contributed by atoms with Gasteiger partial charge in [0.05, 0.1) is 5.25 Å². The summed E-state index contributed by atoms with van der Waals surface area (Å²) in [4.78, 5) is 0. The van der Waals surface area contributed by atoms with Crippen LogP contribution in [0.3, 0.4) is 0 Å². The van der Waals surface area contributed by atoms with Gasteiger partial charge in [-0.05, 0) is 11.6 Å². The number of aromatic nitrogens is 3. The second-order valence-corrected chi connectivity index (χ2v) is 5.61. The Morgan fingerprint density at radius 1 is 1.47 bits per heavy atom. The summed E-state index contributed by atoms with van der Waals surface area (Å²) < 4.78 is 2.97. The Morgan fingerprint density at radius 3 is 2.82 bits per heavy atom. The van der Waals surface area contributed by atoms with Crippen molar-refractivity contribution < 1.29 is 0 Å². The Balaban J connectivity index is 2.23. The van der Waals surface area contributed by atoms with Crippen LogP contribution in [0.4, 0.5) is 0 Å². The van der Waals surface area contributed by atoms with Crippen LogP contribution in [0, 0.1) is 0 Å². The van der Waals surface area contributed by atoms with Gasteiger partial charge in [0.1, 0.15) is 6.33 Å². The average molecular weight is 313 g/mol. The van der Waals surface area contributed by atoms with Crippen molar-refractivity contribution in [2.45, 2.75) is 10.4 Å². The molecule has 0 saturated carbocycles. The maximum Gasteiger partial charge on any atom is 0.191 e. The van der Waals surface area contributed by atoms with Gasteiger partial charge in [-0.1, -0.05) is 45.9 Å². The standard InChI is InChI=1S/C11H13BrN4S/c1-16-7-14-15-11(16)17-10(6-13)8-4-2-3-5-9(8)12/h2-5,7,10H,6,13H2,1H3. The Bertz CT molecular complexity index is 500. The van der Waals surface area contributed by atoms with Crippen LogP contribution in [-0.2, 0) is 7.05 Å². The predicted octanol–water partition coefficient (Wildman–Crippen LogP) is 2.37. The van der Waals surface area contributed by atoms with Crippen molar-refractivity contribution >= 4 is 27.7 Å². The van der Waals surface area contributed by atoms with E-state index < -0.39 is 0 Å². The Morgan fingerprint density at radius 2 is 2.24 bits per heavy atom. The second kappa shape index (κ2) is 5.66. The van der Waals surface area contributed by atoms with Gasteiger partial charge < -0.3 is 10.3 Å². The zero-order valence-corrected chi connectivity index (χ0v) is 11.8. The van der Waals surface area contributed by atoms with Crippen molar-refractivity contribution in [2.75, 3.05) is 6.54 Å². The number of nitrogens with zero attached hydrogens (tertiary/aromatic N) is 3. The topological polar surface area (TPSA) is 56.7 Å². The third-order valence-electron chi connectivity index (χ3n) is 2.38. The molecule has 0 aliphatic heterocycles. The van der Waals surface area contributed by atoms with Crippen LogP contribution in [0.1, 0.15) is 10.8 Å². The molecule has 2 N–H and O–H groups in total. The van der Waals surface area contributed by atoms with E-state index in [4.69, 9.17) is 5.73 Å². The number of benzene rings is 1. The smallest absolute Gasteiger partial charge is 0.191 e. The lowest BCUT2D eigenvalue weighted by molar-refractivity contribution is 0.781. The monoisotopic (exact) mass is 312 g/mol. The third kappa shape index (κ3) is 2.88. The van der Waals surface area contributed by atoms with Crippen molar-refractivity contribution in [1.29, 1.82) is 0 Å². The number of hydrogen-bond donors (Lipinski definition) is 1. The first-order valence-corrected chi connectivity index (χ1v) is 6.84. The zero-order valence-electron chi connectivity index (χ0n) is 9.38. The molecule has 0 spiro atoms. The average Bonchev–Trinajstić information content (AvgIpc) is 2.73. The fraction of sp³-hybridized carbons (Fsp3) is 0.273. The molecular formula is C11H13BrN4S. The molecule has 17 heavy (non-hydrogen) atoms. The summed E-state index contributed by atoms with van der Waals surface area (Å²) in [6.45, 7) is 0.556. The molecule has 2 rings (SSSR count). The molecule has 1 aromatic heterocycles. The highest BCUT2D eigenvalue weighted by molar-refractivity contribution is 9.10. The molecule has 0 radical (unpaired) electrons. The second-order valence-electron chi connectivity index (χ2n) is 3.59. The Kier molecular flexibility index (Phi) is 4.20. The lowest BCUT2D eigenvalue weighted by Crippen LogP contribution is -2.10. The van der Waals surface area contributed by atoms with E-state index in [0.717, 1.165) is 9.63 Å². The molecule has 4 nitrogen and oxygen atoms in total. The largest absolute Gasteiger partial charge is 0.329 e. The van der Waals surface area contributed by atoms with Crippen LogP contribution in [0.5, 0.6) is 0 Å². The summed E-state index contributed by atoms with van der Waals surface area (Å²) in [6.07, 6.45) is 1.69. The van der Waals surface area contributed by atoms with Crippen molar-refractivity contribution in [3.8, 4) is 0 Å². The summed E-state index contributed by atoms with van der Waals surface area (Å²) in [6, 6.07) is 8.11. The van der Waals surface area contributed by atoms with Gasteiger partial charge >= 0.3 is 0 Å². The molecule has 0 aliphatic carbocycles. The van der Waals surface area contributed by atoms with Gasteiger partial charge in [-0.3, -0.25) is 0 Å². The minimum atomic E-state index is 0.175. The van der Waals surface area contributed by atoms with Gasteiger partial charge in [-0.25, -0.2) is 0 Å². The fourth-order valence-electron chi connectivity index (χ4n) is 1.48. The molecule has 0 amide bonds. The molecule has 2 aromatic rings. The summed E-state index contributed by atoms with van der Waals surface area (Å²) in [7, 11) is 1.93. The van der Waals surface area contributed by atoms with Gasteiger partial charge in [0, 0.05) is 18.1 Å². The lowest BCUT2D eigenvalue weighted by atomic mass is 10.1. The quantitative estimate of drug-likeness (QED) is 0.881.